The van der Waals surface area contributed by atoms with E-state index in [2.05, 4.69) is 16.7 Å². The molecule has 22 heavy (non-hydrogen) atoms. The van der Waals surface area contributed by atoms with Gasteiger partial charge in [0, 0.05) is 40.4 Å². The summed E-state index contributed by atoms with van der Waals surface area (Å²) in [6.07, 6.45) is 1.91. The fraction of sp³-hybridized carbons (Fsp3) is 0.167. The van der Waals surface area contributed by atoms with Gasteiger partial charge in [0.15, 0.2) is 0 Å². The molecule has 0 aliphatic heterocycles. The lowest BCUT2D eigenvalue weighted by molar-refractivity contribution is -0.304. The predicted molar refractivity (Wildman–Crippen MR) is 88.0 cm³/mol. The van der Waals surface area contributed by atoms with Crippen LogP contribution in [-0.4, -0.2) is 16.8 Å². The van der Waals surface area contributed by atoms with E-state index in [9.17, 15) is 9.90 Å². The van der Waals surface area contributed by atoms with Gasteiger partial charge in [0.25, 0.3) is 0 Å². The van der Waals surface area contributed by atoms with Crippen LogP contribution in [0.2, 0.25) is 0 Å². The number of carboxylic acids is 1. The minimum Gasteiger partial charge on any atom is -0.550 e. The van der Waals surface area contributed by atoms with Crippen LogP contribution in [0.25, 0.3) is 10.9 Å². The zero-order valence-corrected chi connectivity index (χ0v) is 13.1. The summed E-state index contributed by atoms with van der Waals surface area (Å²) < 4.78 is 2.09. The molecule has 0 aliphatic carbocycles. The highest BCUT2D eigenvalue weighted by molar-refractivity contribution is 7.98. The van der Waals surface area contributed by atoms with Crippen molar-refractivity contribution in [2.75, 3.05) is 6.26 Å². The highest BCUT2D eigenvalue weighted by Crippen LogP contribution is 2.34. The molecule has 0 amide bonds. The highest BCUT2D eigenvalue weighted by Gasteiger charge is 2.16. The molecule has 3 aromatic rings. The summed E-state index contributed by atoms with van der Waals surface area (Å²) in [5, 5.41) is 12.3. The van der Waals surface area contributed by atoms with Crippen molar-refractivity contribution in [1.29, 1.82) is 0 Å². The van der Waals surface area contributed by atoms with Gasteiger partial charge in [-0.3, -0.25) is 0 Å². The third-order valence-corrected chi connectivity index (χ3v) is 4.59. The molecule has 0 saturated heterocycles. The molecule has 0 N–H and O–H groups in total. The molecule has 0 radical (unpaired) electrons. The summed E-state index contributed by atoms with van der Waals surface area (Å²) in [6, 6.07) is 18.1. The van der Waals surface area contributed by atoms with Crippen LogP contribution in [-0.2, 0) is 17.8 Å². The fourth-order valence-electron chi connectivity index (χ4n) is 2.81. The van der Waals surface area contributed by atoms with Crippen LogP contribution < -0.4 is 5.11 Å². The second-order valence-electron chi connectivity index (χ2n) is 5.12. The molecule has 0 unspecified atom stereocenters. The molecule has 1 aromatic heterocycles. The molecule has 0 aliphatic rings. The Balaban J connectivity index is 2.19. The molecular weight excluding hydrogens is 294 g/mol. The molecule has 3 rings (SSSR count). The molecule has 3 nitrogen and oxygen atoms in total. The number of aliphatic carboxylic acids is 1. The average Bonchev–Trinajstić information content (AvgIpc) is 2.81. The van der Waals surface area contributed by atoms with Crippen LogP contribution >= 0.6 is 11.8 Å². The summed E-state index contributed by atoms with van der Waals surface area (Å²) in [6.45, 7) is 0.657. The average molecular weight is 310 g/mol. The zero-order chi connectivity index (χ0) is 15.5. The smallest absolute Gasteiger partial charge is 0.0497 e. The fourth-order valence-corrected chi connectivity index (χ4v) is 3.62. The van der Waals surface area contributed by atoms with Crippen molar-refractivity contribution in [2.45, 2.75) is 17.9 Å². The molecular formula is C18H16NO2S-. The topological polar surface area (TPSA) is 45.1 Å². The van der Waals surface area contributed by atoms with Gasteiger partial charge >= 0.3 is 0 Å². The van der Waals surface area contributed by atoms with Crippen LogP contribution in [0, 0.1) is 0 Å². The van der Waals surface area contributed by atoms with Crippen LogP contribution in [0.4, 0.5) is 0 Å². The van der Waals surface area contributed by atoms with E-state index in [1.54, 1.807) is 11.8 Å². The van der Waals surface area contributed by atoms with E-state index in [4.69, 9.17) is 0 Å². The number of benzene rings is 2. The number of rotatable bonds is 5. The van der Waals surface area contributed by atoms with Gasteiger partial charge in [0.2, 0.25) is 0 Å². The zero-order valence-electron chi connectivity index (χ0n) is 12.3. The molecule has 0 atom stereocenters. The van der Waals surface area contributed by atoms with E-state index in [0.29, 0.717) is 6.54 Å². The van der Waals surface area contributed by atoms with Crippen LogP contribution in [0.1, 0.15) is 11.3 Å². The number of hydrogen-bond donors (Lipinski definition) is 0. The molecule has 4 heteroatoms. The lowest BCUT2D eigenvalue weighted by Gasteiger charge is -2.12. The van der Waals surface area contributed by atoms with Crippen molar-refractivity contribution >= 4 is 28.6 Å². The van der Waals surface area contributed by atoms with Crippen molar-refractivity contribution in [3.63, 3.8) is 0 Å². The first-order valence-electron chi connectivity index (χ1n) is 7.08. The van der Waals surface area contributed by atoms with E-state index in [1.807, 2.05) is 48.7 Å². The molecule has 0 fully saturated rings. The van der Waals surface area contributed by atoms with E-state index in [0.717, 1.165) is 27.1 Å². The molecule has 112 valence electrons. The van der Waals surface area contributed by atoms with Crippen molar-refractivity contribution in [1.82, 2.24) is 4.57 Å². The summed E-state index contributed by atoms with van der Waals surface area (Å²) in [5.74, 6) is -1.05. The Morgan fingerprint density at radius 1 is 1.09 bits per heavy atom. The normalized spacial score (nSPS) is 11.0. The number of carboxylic acid groups (broad SMARTS) is 1. The first-order valence-corrected chi connectivity index (χ1v) is 8.31. The van der Waals surface area contributed by atoms with Crippen LogP contribution in [0.15, 0.2) is 59.5 Å². The Bertz CT molecular complexity index is 809. The standard InChI is InChI=1S/C18H17NO2S/c1-22-18-14-9-5-6-10-15(14)19(16(18)11-17(20)21)12-13-7-3-2-4-8-13/h2-10H,11-12H2,1H3,(H,20,21)/p-1. The summed E-state index contributed by atoms with van der Waals surface area (Å²) >= 11 is 1.59. The van der Waals surface area contributed by atoms with Gasteiger partial charge in [-0.05, 0) is 17.9 Å². The maximum Gasteiger partial charge on any atom is 0.0497 e. The van der Waals surface area contributed by atoms with Gasteiger partial charge < -0.3 is 14.5 Å². The lowest BCUT2D eigenvalue weighted by Crippen LogP contribution is -2.26. The number of carbonyl (C=O) groups excluding carboxylic acids is 1. The van der Waals surface area contributed by atoms with Crippen molar-refractivity contribution in [2.24, 2.45) is 0 Å². The third-order valence-electron chi connectivity index (χ3n) is 3.73. The summed E-state index contributed by atoms with van der Waals surface area (Å²) in [4.78, 5) is 12.2. The molecule has 0 bridgehead atoms. The second kappa shape index (κ2) is 6.28. The number of thioether (sulfide) groups is 1. The van der Waals surface area contributed by atoms with Gasteiger partial charge in [0.1, 0.15) is 0 Å². The van der Waals surface area contributed by atoms with E-state index < -0.39 is 5.97 Å². The number of nitrogens with zero attached hydrogens (tertiary/aromatic N) is 1. The minimum atomic E-state index is -1.05. The maximum atomic E-state index is 11.2. The lowest BCUT2D eigenvalue weighted by atomic mass is 10.2. The molecule has 1 heterocycles. The van der Waals surface area contributed by atoms with Gasteiger partial charge in [-0.15, -0.1) is 11.8 Å². The first kappa shape index (κ1) is 14.7. The Morgan fingerprint density at radius 2 is 1.77 bits per heavy atom. The van der Waals surface area contributed by atoms with Crippen molar-refractivity contribution < 1.29 is 9.90 Å². The number of carbonyl (C=O) groups is 1. The second-order valence-corrected chi connectivity index (χ2v) is 5.93. The van der Waals surface area contributed by atoms with Gasteiger partial charge in [-0.2, -0.15) is 0 Å². The monoisotopic (exact) mass is 310 g/mol. The number of aromatic nitrogens is 1. The minimum absolute atomic E-state index is 0.0717. The van der Waals surface area contributed by atoms with Crippen molar-refractivity contribution in [3.05, 3.63) is 65.9 Å². The predicted octanol–water partition coefficient (Wildman–Crippen LogP) is 2.70. The molecule has 0 spiro atoms. The largest absolute Gasteiger partial charge is 0.550 e. The third kappa shape index (κ3) is 2.74. The highest BCUT2D eigenvalue weighted by atomic mass is 32.2. The molecule has 2 aromatic carbocycles. The molecule has 0 saturated carbocycles. The van der Waals surface area contributed by atoms with E-state index in [-0.39, 0.29) is 6.42 Å². The Labute approximate surface area is 133 Å². The summed E-state index contributed by atoms with van der Waals surface area (Å²) in [7, 11) is 0. The van der Waals surface area contributed by atoms with Gasteiger partial charge in [-0.25, -0.2) is 0 Å². The van der Waals surface area contributed by atoms with Crippen LogP contribution in [0.3, 0.4) is 0 Å². The quantitative estimate of drug-likeness (QED) is 0.681. The Hall–Kier alpha value is -2.20. The Kier molecular flexibility index (Phi) is 4.20. The maximum absolute atomic E-state index is 11.2. The number of hydrogen-bond acceptors (Lipinski definition) is 3. The number of para-hydroxylation sites is 1. The first-order chi connectivity index (χ1) is 10.7. The Morgan fingerprint density at radius 3 is 2.45 bits per heavy atom. The van der Waals surface area contributed by atoms with Crippen LogP contribution in [0.5, 0.6) is 0 Å². The van der Waals surface area contributed by atoms with E-state index in [1.165, 1.54) is 0 Å². The van der Waals surface area contributed by atoms with E-state index >= 15 is 0 Å². The van der Waals surface area contributed by atoms with Crippen molar-refractivity contribution in [3.8, 4) is 0 Å². The van der Waals surface area contributed by atoms with Gasteiger partial charge in [-0.1, -0.05) is 48.5 Å². The number of fused-ring (bicyclic) bond motifs is 1. The van der Waals surface area contributed by atoms with Gasteiger partial charge in [0.05, 0.1) is 0 Å². The summed E-state index contributed by atoms with van der Waals surface area (Å²) in [5.41, 5.74) is 3.03. The SMILES string of the molecule is CSc1c(CC(=O)[O-])n(Cc2ccccc2)c2ccccc12.